The van der Waals surface area contributed by atoms with E-state index in [4.69, 9.17) is 9.15 Å². The second-order valence-corrected chi connectivity index (χ2v) is 4.73. The summed E-state index contributed by atoms with van der Waals surface area (Å²) in [6.07, 6.45) is 1.92. The second-order valence-electron chi connectivity index (χ2n) is 4.73. The first-order valence-electron chi connectivity index (χ1n) is 6.75. The fourth-order valence-electron chi connectivity index (χ4n) is 1.98. The van der Waals surface area contributed by atoms with Crippen LogP contribution in [0, 0.1) is 0 Å². The van der Waals surface area contributed by atoms with Gasteiger partial charge < -0.3 is 14.5 Å². The van der Waals surface area contributed by atoms with Crippen LogP contribution in [0.5, 0.6) is 5.75 Å². The van der Waals surface area contributed by atoms with Gasteiger partial charge in [-0.2, -0.15) is 0 Å². The molecule has 3 nitrogen and oxygen atoms in total. The van der Waals surface area contributed by atoms with Crippen LogP contribution in [0.4, 0.5) is 0 Å². The molecular formula is C16H21NO2. The monoisotopic (exact) mass is 259 g/mol. The van der Waals surface area contributed by atoms with Crippen LogP contribution in [0.2, 0.25) is 0 Å². The number of rotatable bonds is 6. The van der Waals surface area contributed by atoms with Gasteiger partial charge in [0.05, 0.1) is 18.9 Å². The lowest BCUT2D eigenvalue weighted by Crippen LogP contribution is -2.11. The quantitative estimate of drug-likeness (QED) is 0.855. The highest BCUT2D eigenvalue weighted by molar-refractivity contribution is 5.66. The van der Waals surface area contributed by atoms with Gasteiger partial charge in [0, 0.05) is 5.56 Å². The van der Waals surface area contributed by atoms with Crippen LogP contribution in [0.25, 0.3) is 11.1 Å². The molecule has 1 aromatic heterocycles. The Balaban J connectivity index is 2.23. The lowest BCUT2D eigenvalue weighted by molar-refractivity contribution is 0.242. The fraction of sp³-hybridized carbons (Fsp3) is 0.375. The largest absolute Gasteiger partial charge is 0.491 e. The molecule has 2 aromatic rings. The van der Waals surface area contributed by atoms with Crippen LogP contribution in [0.1, 0.15) is 26.5 Å². The van der Waals surface area contributed by atoms with Crippen molar-refractivity contribution in [3.63, 3.8) is 0 Å². The maximum Gasteiger partial charge on any atom is 0.125 e. The molecular weight excluding hydrogens is 238 g/mol. The molecule has 0 aliphatic heterocycles. The van der Waals surface area contributed by atoms with Gasteiger partial charge in [-0.3, -0.25) is 0 Å². The summed E-state index contributed by atoms with van der Waals surface area (Å²) in [6.45, 7) is 7.81. The molecule has 0 unspecified atom stereocenters. The van der Waals surface area contributed by atoms with Crippen LogP contribution in [-0.4, -0.2) is 12.6 Å². The van der Waals surface area contributed by atoms with Crippen molar-refractivity contribution in [2.75, 3.05) is 6.54 Å². The molecule has 0 amide bonds. The Morgan fingerprint density at radius 3 is 2.84 bits per heavy atom. The predicted octanol–water partition coefficient (Wildman–Crippen LogP) is 3.84. The smallest absolute Gasteiger partial charge is 0.125 e. The van der Waals surface area contributed by atoms with Crippen molar-refractivity contribution >= 4 is 0 Å². The van der Waals surface area contributed by atoms with Crippen LogP contribution >= 0.6 is 0 Å². The average Bonchev–Trinajstić information content (AvgIpc) is 2.84. The average molecular weight is 259 g/mol. The van der Waals surface area contributed by atoms with E-state index in [2.05, 4.69) is 24.4 Å². The molecule has 0 radical (unpaired) electrons. The van der Waals surface area contributed by atoms with Gasteiger partial charge in [0.2, 0.25) is 0 Å². The molecule has 0 spiro atoms. The topological polar surface area (TPSA) is 34.4 Å². The Kier molecular flexibility index (Phi) is 4.63. The molecule has 0 saturated carbocycles. The summed E-state index contributed by atoms with van der Waals surface area (Å²) in [7, 11) is 0. The molecule has 0 bridgehead atoms. The predicted molar refractivity (Wildman–Crippen MR) is 77.3 cm³/mol. The van der Waals surface area contributed by atoms with Crippen molar-refractivity contribution in [1.29, 1.82) is 0 Å². The van der Waals surface area contributed by atoms with Gasteiger partial charge in [-0.25, -0.2) is 0 Å². The summed E-state index contributed by atoms with van der Waals surface area (Å²) in [5, 5.41) is 3.28. The Labute approximate surface area is 114 Å². The molecule has 3 heteroatoms. The van der Waals surface area contributed by atoms with Crippen LogP contribution in [-0.2, 0) is 6.54 Å². The molecule has 1 N–H and O–H groups in total. The molecule has 0 fully saturated rings. The summed E-state index contributed by atoms with van der Waals surface area (Å²) in [5.41, 5.74) is 2.25. The zero-order chi connectivity index (χ0) is 13.7. The van der Waals surface area contributed by atoms with Crippen molar-refractivity contribution in [3.05, 3.63) is 42.4 Å². The number of nitrogens with one attached hydrogen (secondary N) is 1. The number of furan rings is 1. The highest BCUT2D eigenvalue weighted by atomic mass is 16.5. The molecule has 0 aliphatic rings. The summed E-state index contributed by atoms with van der Waals surface area (Å²) in [6, 6.07) is 10.1. The SMILES string of the molecule is CCNCc1occc1-c1cccc(OC(C)C)c1. The van der Waals surface area contributed by atoms with Gasteiger partial charge in [0.1, 0.15) is 11.5 Å². The molecule has 1 aromatic carbocycles. The minimum Gasteiger partial charge on any atom is -0.491 e. The third-order valence-corrected chi connectivity index (χ3v) is 2.80. The minimum absolute atomic E-state index is 0.181. The van der Waals surface area contributed by atoms with E-state index in [0.29, 0.717) is 0 Å². The van der Waals surface area contributed by atoms with E-state index < -0.39 is 0 Å². The highest BCUT2D eigenvalue weighted by Gasteiger charge is 2.09. The molecule has 2 rings (SSSR count). The first kappa shape index (κ1) is 13.7. The molecule has 0 saturated heterocycles. The fourth-order valence-corrected chi connectivity index (χ4v) is 1.98. The maximum atomic E-state index is 5.73. The number of hydrogen-bond acceptors (Lipinski definition) is 3. The molecule has 0 aliphatic carbocycles. The lowest BCUT2D eigenvalue weighted by atomic mass is 10.1. The zero-order valence-corrected chi connectivity index (χ0v) is 11.8. The summed E-state index contributed by atoms with van der Waals surface area (Å²) in [4.78, 5) is 0. The van der Waals surface area contributed by atoms with Crippen molar-refractivity contribution < 1.29 is 9.15 Å². The number of ether oxygens (including phenoxy) is 1. The van der Waals surface area contributed by atoms with E-state index in [1.165, 1.54) is 0 Å². The molecule has 19 heavy (non-hydrogen) atoms. The third-order valence-electron chi connectivity index (χ3n) is 2.80. The van der Waals surface area contributed by atoms with Gasteiger partial charge in [0.15, 0.2) is 0 Å². The van der Waals surface area contributed by atoms with E-state index >= 15 is 0 Å². The van der Waals surface area contributed by atoms with Crippen LogP contribution < -0.4 is 10.1 Å². The summed E-state index contributed by atoms with van der Waals surface area (Å²) >= 11 is 0. The van der Waals surface area contributed by atoms with Crippen molar-refractivity contribution in [3.8, 4) is 16.9 Å². The van der Waals surface area contributed by atoms with Gasteiger partial charge in [-0.1, -0.05) is 19.1 Å². The summed E-state index contributed by atoms with van der Waals surface area (Å²) < 4.78 is 11.3. The standard InChI is InChI=1S/C16H21NO2/c1-4-17-11-16-15(8-9-18-16)13-6-5-7-14(10-13)19-12(2)3/h5-10,12,17H,4,11H2,1-3H3. The molecule has 0 atom stereocenters. The normalized spacial score (nSPS) is 10.9. The Morgan fingerprint density at radius 1 is 1.26 bits per heavy atom. The summed E-state index contributed by atoms with van der Waals surface area (Å²) in [5.74, 6) is 1.85. The van der Waals surface area contributed by atoms with E-state index in [0.717, 1.165) is 35.7 Å². The van der Waals surface area contributed by atoms with Gasteiger partial charge in [-0.15, -0.1) is 0 Å². The molecule has 102 valence electrons. The van der Waals surface area contributed by atoms with E-state index in [-0.39, 0.29) is 6.10 Å². The Morgan fingerprint density at radius 2 is 2.11 bits per heavy atom. The third kappa shape index (κ3) is 3.61. The van der Waals surface area contributed by atoms with Crippen molar-refractivity contribution in [1.82, 2.24) is 5.32 Å². The van der Waals surface area contributed by atoms with E-state index in [1.807, 2.05) is 32.0 Å². The molecule has 1 heterocycles. The van der Waals surface area contributed by atoms with Crippen molar-refractivity contribution in [2.45, 2.75) is 33.4 Å². The zero-order valence-electron chi connectivity index (χ0n) is 11.8. The van der Waals surface area contributed by atoms with E-state index in [9.17, 15) is 0 Å². The van der Waals surface area contributed by atoms with Crippen molar-refractivity contribution in [2.24, 2.45) is 0 Å². The first-order valence-corrected chi connectivity index (χ1v) is 6.75. The van der Waals surface area contributed by atoms with Gasteiger partial charge >= 0.3 is 0 Å². The van der Waals surface area contributed by atoms with Gasteiger partial charge in [-0.05, 0) is 44.2 Å². The van der Waals surface area contributed by atoms with E-state index in [1.54, 1.807) is 6.26 Å². The number of hydrogen-bond donors (Lipinski definition) is 1. The lowest BCUT2D eigenvalue weighted by Gasteiger charge is -2.11. The number of benzene rings is 1. The Hall–Kier alpha value is -1.74. The van der Waals surface area contributed by atoms with Gasteiger partial charge in [0.25, 0.3) is 0 Å². The first-order chi connectivity index (χ1) is 9.20. The highest BCUT2D eigenvalue weighted by Crippen LogP contribution is 2.28. The Bertz CT molecular complexity index is 517. The second kappa shape index (κ2) is 6.43. The maximum absolute atomic E-state index is 5.73. The van der Waals surface area contributed by atoms with Crippen LogP contribution in [0.15, 0.2) is 41.0 Å². The van der Waals surface area contributed by atoms with Crippen LogP contribution in [0.3, 0.4) is 0 Å². The minimum atomic E-state index is 0.181.